The van der Waals surface area contributed by atoms with Crippen LogP contribution in [0.4, 0.5) is 0 Å². The number of para-hydroxylation sites is 3. The van der Waals surface area contributed by atoms with Crippen molar-refractivity contribution in [2.75, 3.05) is 0 Å². The normalized spacial score (nSPS) is 11.7. The number of hydrogen-bond donors (Lipinski definition) is 0. The summed E-state index contributed by atoms with van der Waals surface area (Å²) in [4.78, 5) is 0. The minimum Gasteiger partial charge on any atom is -0.454 e. The number of benzene rings is 6. The number of fused-ring (bicyclic) bond motifs is 8. The van der Waals surface area contributed by atoms with Gasteiger partial charge in [0, 0.05) is 43.9 Å². The van der Waals surface area contributed by atoms with E-state index in [1.807, 2.05) is 60.7 Å². The highest BCUT2D eigenvalue weighted by atomic mass is 16.3. The Morgan fingerprint density at radius 2 is 1.48 bits per heavy atom. The molecule has 9 aromatic rings. The average molecular weight is 641 g/mol. The van der Waals surface area contributed by atoms with Gasteiger partial charge < -0.3 is 13.6 Å². The molecule has 234 valence electrons. The third-order valence-corrected chi connectivity index (χ3v) is 9.76. The second-order valence-electron chi connectivity index (χ2n) is 12.4. The first-order chi connectivity index (χ1) is 24.6. The molecule has 0 radical (unpaired) electrons. The molecular formula is C45H28N4O. The first-order valence-electron chi connectivity index (χ1n) is 16.4. The molecule has 0 fully saturated rings. The molecule has 0 aliphatic carbocycles. The molecule has 0 amide bonds. The first kappa shape index (κ1) is 29.1. The highest BCUT2D eigenvalue weighted by molar-refractivity contribution is 6.16. The maximum absolute atomic E-state index is 10.5. The molecule has 0 N–H and O–H groups in total. The quantitative estimate of drug-likeness (QED) is 0.176. The molecule has 0 bridgehead atoms. The minimum absolute atomic E-state index is 0.560. The number of furan rings is 1. The van der Waals surface area contributed by atoms with Gasteiger partial charge in [0.15, 0.2) is 5.58 Å². The van der Waals surface area contributed by atoms with Crippen molar-refractivity contribution in [1.29, 1.82) is 10.5 Å². The lowest BCUT2D eigenvalue weighted by atomic mass is 9.98. The molecule has 5 heteroatoms. The van der Waals surface area contributed by atoms with Gasteiger partial charge in [-0.3, -0.25) is 0 Å². The SMILES string of the molecule is C=C/C=C\c1c(C)c2ccc3c4cc(-c5cccc(C#N)c5-n5c6ccccc6c6cc(C#N)ccc65)ccc4oc3c2n1-c1ccccc1. The predicted octanol–water partition coefficient (Wildman–Crippen LogP) is 11.5. The molecule has 0 saturated carbocycles. The van der Waals surface area contributed by atoms with Crippen molar-refractivity contribution < 1.29 is 4.42 Å². The van der Waals surface area contributed by atoms with Crippen LogP contribution in [-0.4, -0.2) is 9.13 Å². The van der Waals surface area contributed by atoms with Crippen molar-refractivity contribution >= 4 is 60.7 Å². The number of hydrogen-bond acceptors (Lipinski definition) is 3. The summed E-state index contributed by atoms with van der Waals surface area (Å²) in [5.41, 5.74) is 11.7. The van der Waals surface area contributed by atoms with E-state index in [4.69, 9.17) is 4.42 Å². The zero-order chi connectivity index (χ0) is 33.9. The van der Waals surface area contributed by atoms with E-state index >= 15 is 0 Å². The van der Waals surface area contributed by atoms with Crippen molar-refractivity contribution in [2.45, 2.75) is 6.92 Å². The van der Waals surface area contributed by atoms with Crippen LogP contribution >= 0.6 is 0 Å². The van der Waals surface area contributed by atoms with Crippen molar-refractivity contribution in [1.82, 2.24) is 9.13 Å². The van der Waals surface area contributed by atoms with Gasteiger partial charge in [-0.05, 0) is 84.8 Å². The third-order valence-electron chi connectivity index (χ3n) is 9.76. The monoisotopic (exact) mass is 640 g/mol. The molecule has 0 saturated heterocycles. The fraction of sp³-hybridized carbons (Fsp3) is 0.0222. The standard InChI is InChI=1S/C45H28N4O/c1-3-4-16-39-28(2)33-20-21-36-38-25-30(19-23-42(38)50-45(36)44(33)48(39)32-12-6-5-7-13-32)34-15-10-11-31(27-47)43(34)49-40-17-9-8-14-35(40)37-24-29(26-46)18-22-41(37)49/h3-25H,1H2,2H3/b16-4-. The first-order valence-corrected chi connectivity index (χ1v) is 16.4. The number of aromatic nitrogens is 2. The Labute approximate surface area is 288 Å². The molecule has 3 heterocycles. The Kier molecular flexibility index (Phi) is 6.56. The van der Waals surface area contributed by atoms with Crippen LogP contribution < -0.4 is 0 Å². The highest BCUT2D eigenvalue weighted by Gasteiger charge is 2.22. The van der Waals surface area contributed by atoms with Crippen LogP contribution in [0.1, 0.15) is 22.4 Å². The summed E-state index contributed by atoms with van der Waals surface area (Å²) in [5.74, 6) is 0. The van der Waals surface area contributed by atoms with Gasteiger partial charge in [-0.15, -0.1) is 0 Å². The van der Waals surface area contributed by atoms with E-state index in [1.165, 1.54) is 0 Å². The lowest BCUT2D eigenvalue weighted by Gasteiger charge is -2.16. The zero-order valence-electron chi connectivity index (χ0n) is 27.2. The van der Waals surface area contributed by atoms with Crippen LogP contribution in [0.15, 0.2) is 144 Å². The topological polar surface area (TPSA) is 70.6 Å². The molecular weight excluding hydrogens is 613 g/mol. The highest BCUT2D eigenvalue weighted by Crippen LogP contribution is 2.42. The fourth-order valence-corrected chi connectivity index (χ4v) is 7.54. The Bertz CT molecular complexity index is 2970. The van der Waals surface area contributed by atoms with Gasteiger partial charge in [0.1, 0.15) is 11.7 Å². The van der Waals surface area contributed by atoms with Gasteiger partial charge in [0.05, 0.1) is 39.4 Å². The van der Waals surface area contributed by atoms with Crippen LogP contribution in [0.25, 0.3) is 83.2 Å². The van der Waals surface area contributed by atoms with Crippen LogP contribution in [0.2, 0.25) is 0 Å². The Morgan fingerprint density at radius 3 is 2.30 bits per heavy atom. The molecule has 6 aromatic carbocycles. The Balaban J connectivity index is 1.33. The number of rotatable bonds is 5. The molecule has 9 rings (SSSR count). The summed E-state index contributed by atoms with van der Waals surface area (Å²) < 4.78 is 11.2. The third kappa shape index (κ3) is 4.18. The van der Waals surface area contributed by atoms with Gasteiger partial charge in [0.2, 0.25) is 0 Å². The van der Waals surface area contributed by atoms with Gasteiger partial charge >= 0.3 is 0 Å². The van der Waals surface area contributed by atoms with E-state index in [-0.39, 0.29) is 0 Å². The molecule has 5 nitrogen and oxygen atoms in total. The molecule has 0 aliphatic rings. The largest absolute Gasteiger partial charge is 0.454 e. The average Bonchev–Trinajstić information content (AvgIpc) is 3.80. The summed E-state index contributed by atoms with van der Waals surface area (Å²) in [5, 5.41) is 25.3. The fourth-order valence-electron chi connectivity index (χ4n) is 7.54. The second kappa shape index (κ2) is 11.3. The van der Waals surface area contributed by atoms with Gasteiger partial charge in [-0.2, -0.15) is 10.5 Å². The summed E-state index contributed by atoms with van der Waals surface area (Å²) >= 11 is 0. The predicted molar refractivity (Wildman–Crippen MR) is 204 cm³/mol. The van der Waals surface area contributed by atoms with Crippen LogP contribution in [0.5, 0.6) is 0 Å². The van der Waals surface area contributed by atoms with Crippen molar-refractivity contribution in [3.8, 4) is 34.6 Å². The number of nitriles is 2. The zero-order valence-corrected chi connectivity index (χ0v) is 27.2. The van der Waals surface area contributed by atoms with Crippen LogP contribution in [0.3, 0.4) is 0 Å². The van der Waals surface area contributed by atoms with Crippen molar-refractivity contribution in [2.24, 2.45) is 0 Å². The van der Waals surface area contributed by atoms with Gasteiger partial charge in [-0.25, -0.2) is 0 Å². The van der Waals surface area contributed by atoms with Gasteiger partial charge in [-0.1, -0.05) is 79.4 Å². The smallest absolute Gasteiger partial charge is 0.160 e. The van der Waals surface area contributed by atoms with Crippen LogP contribution in [-0.2, 0) is 0 Å². The van der Waals surface area contributed by atoms with Crippen molar-refractivity contribution in [3.63, 3.8) is 0 Å². The van der Waals surface area contributed by atoms with Crippen LogP contribution in [0, 0.1) is 29.6 Å². The van der Waals surface area contributed by atoms with E-state index in [1.54, 1.807) is 6.08 Å². The summed E-state index contributed by atoms with van der Waals surface area (Å²) in [7, 11) is 0. The molecule has 0 spiro atoms. The Morgan fingerprint density at radius 1 is 0.680 bits per heavy atom. The second-order valence-corrected chi connectivity index (χ2v) is 12.4. The van der Waals surface area contributed by atoms with E-state index in [0.29, 0.717) is 11.1 Å². The maximum atomic E-state index is 10.5. The maximum Gasteiger partial charge on any atom is 0.160 e. The van der Waals surface area contributed by atoms with E-state index in [9.17, 15) is 10.5 Å². The molecule has 3 aromatic heterocycles. The molecule has 50 heavy (non-hydrogen) atoms. The number of aryl methyl sites for hydroxylation is 1. The van der Waals surface area contributed by atoms with E-state index in [2.05, 4.69) is 108 Å². The summed E-state index contributed by atoms with van der Waals surface area (Å²) in [6.45, 7) is 6.05. The number of nitrogens with zero attached hydrogens (tertiary/aromatic N) is 4. The molecule has 0 atom stereocenters. The summed E-state index contributed by atoms with van der Waals surface area (Å²) in [6.07, 6.45) is 5.86. The van der Waals surface area contributed by atoms with Gasteiger partial charge in [0.25, 0.3) is 0 Å². The van der Waals surface area contributed by atoms with E-state index < -0.39 is 0 Å². The number of allylic oxidation sites excluding steroid dienone is 2. The molecule has 0 unspecified atom stereocenters. The Hall–Kier alpha value is -7.08. The minimum atomic E-state index is 0.560. The lowest BCUT2D eigenvalue weighted by Crippen LogP contribution is -2.00. The van der Waals surface area contributed by atoms with Crippen molar-refractivity contribution in [3.05, 3.63) is 162 Å². The lowest BCUT2D eigenvalue weighted by molar-refractivity contribution is 0.671. The molecule has 0 aliphatic heterocycles. The van der Waals surface area contributed by atoms with E-state index in [0.717, 1.165) is 88.4 Å². The summed E-state index contributed by atoms with van der Waals surface area (Å²) in [6, 6.07) is 45.5.